The zero-order chi connectivity index (χ0) is 9.14. The van der Waals surface area contributed by atoms with Gasteiger partial charge in [0.1, 0.15) is 0 Å². The minimum absolute atomic E-state index is 0.0624. The Morgan fingerprint density at radius 2 is 2.17 bits per heavy atom. The summed E-state index contributed by atoms with van der Waals surface area (Å²) >= 11 is 0. The number of carbonyl (C=O) groups excluding carboxylic acids is 1. The van der Waals surface area contributed by atoms with E-state index in [0.717, 1.165) is 19.3 Å². The quantitative estimate of drug-likeness (QED) is 0.653. The van der Waals surface area contributed by atoms with E-state index in [-0.39, 0.29) is 11.8 Å². The van der Waals surface area contributed by atoms with Crippen LogP contribution in [0.3, 0.4) is 0 Å². The van der Waals surface area contributed by atoms with Gasteiger partial charge in [-0.25, -0.2) is 0 Å². The van der Waals surface area contributed by atoms with E-state index in [1.54, 1.807) is 0 Å². The van der Waals surface area contributed by atoms with Gasteiger partial charge in [-0.15, -0.1) is 0 Å². The maximum absolute atomic E-state index is 11.0. The summed E-state index contributed by atoms with van der Waals surface area (Å²) in [5.41, 5.74) is 5.28. The van der Waals surface area contributed by atoms with Crippen molar-refractivity contribution in [1.29, 1.82) is 0 Å². The maximum Gasteiger partial charge on any atom is 0.222 e. The van der Waals surface area contributed by atoms with Gasteiger partial charge in [-0.3, -0.25) is 4.79 Å². The van der Waals surface area contributed by atoms with Crippen LogP contribution in [0.15, 0.2) is 0 Å². The molecule has 0 aromatic carbocycles. The summed E-state index contributed by atoms with van der Waals surface area (Å²) in [5.74, 6) is -0.0851. The fourth-order valence-corrected chi connectivity index (χ4v) is 1.93. The van der Waals surface area contributed by atoms with Crippen LogP contribution in [0.1, 0.15) is 33.1 Å². The highest BCUT2D eigenvalue weighted by Crippen LogP contribution is 2.25. The monoisotopic (exact) mass is 170 g/mol. The molecule has 0 saturated heterocycles. The molecule has 1 rings (SSSR count). The van der Waals surface area contributed by atoms with Crippen LogP contribution in [0.4, 0.5) is 0 Å². The van der Waals surface area contributed by atoms with Crippen LogP contribution in [-0.2, 0) is 4.79 Å². The van der Waals surface area contributed by atoms with Crippen molar-refractivity contribution in [2.24, 2.45) is 11.7 Å². The Bertz CT molecular complexity index is 168. The second kappa shape index (κ2) is 3.90. The molecule has 12 heavy (non-hydrogen) atoms. The molecule has 0 aromatic heterocycles. The lowest BCUT2D eigenvalue weighted by Gasteiger charge is -2.20. The first-order valence-electron chi connectivity index (χ1n) is 4.66. The highest BCUT2D eigenvalue weighted by atomic mass is 16.1. The number of nitrogens with one attached hydrogen (secondary N) is 1. The standard InChI is InChI=1S/C9H18N2O/c1-6(2)11-8-5-3-4-7(8)9(10)12/h6-8,11H,3-5H2,1-2H3,(H2,10,12)/t7-,8?/m1/s1. The van der Waals surface area contributed by atoms with Crippen LogP contribution in [0.2, 0.25) is 0 Å². The van der Waals surface area contributed by atoms with Crippen LogP contribution in [0.5, 0.6) is 0 Å². The van der Waals surface area contributed by atoms with Gasteiger partial charge in [-0.1, -0.05) is 20.3 Å². The van der Waals surface area contributed by atoms with E-state index in [1.165, 1.54) is 0 Å². The van der Waals surface area contributed by atoms with Crippen LogP contribution < -0.4 is 11.1 Å². The van der Waals surface area contributed by atoms with Crippen LogP contribution in [-0.4, -0.2) is 18.0 Å². The van der Waals surface area contributed by atoms with Crippen LogP contribution >= 0.6 is 0 Å². The van der Waals surface area contributed by atoms with Crippen molar-refractivity contribution in [3.8, 4) is 0 Å². The molecule has 1 amide bonds. The molecule has 0 spiro atoms. The van der Waals surface area contributed by atoms with Gasteiger partial charge in [0.05, 0.1) is 5.92 Å². The van der Waals surface area contributed by atoms with Gasteiger partial charge in [0, 0.05) is 12.1 Å². The van der Waals surface area contributed by atoms with E-state index in [0.29, 0.717) is 12.1 Å². The van der Waals surface area contributed by atoms with Crippen molar-refractivity contribution in [3.05, 3.63) is 0 Å². The minimum Gasteiger partial charge on any atom is -0.369 e. The van der Waals surface area contributed by atoms with Crippen molar-refractivity contribution in [2.75, 3.05) is 0 Å². The van der Waals surface area contributed by atoms with Gasteiger partial charge >= 0.3 is 0 Å². The van der Waals surface area contributed by atoms with Crippen LogP contribution in [0, 0.1) is 5.92 Å². The van der Waals surface area contributed by atoms with E-state index < -0.39 is 0 Å². The van der Waals surface area contributed by atoms with E-state index in [1.807, 2.05) is 0 Å². The molecule has 3 N–H and O–H groups in total. The van der Waals surface area contributed by atoms with E-state index in [9.17, 15) is 4.79 Å². The van der Waals surface area contributed by atoms with Crippen molar-refractivity contribution in [3.63, 3.8) is 0 Å². The Balaban J connectivity index is 2.46. The third kappa shape index (κ3) is 2.21. The summed E-state index contributed by atoms with van der Waals surface area (Å²) in [6, 6.07) is 0.762. The first-order valence-corrected chi connectivity index (χ1v) is 4.66. The van der Waals surface area contributed by atoms with E-state index >= 15 is 0 Å². The lowest BCUT2D eigenvalue weighted by atomic mass is 10.0. The Labute approximate surface area is 73.7 Å². The summed E-state index contributed by atoms with van der Waals surface area (Å²) < 4.78 is 0. The highest BCUT2D eigenvalue weighted by molar-refractivity contribution is 5.77. The average Bonchev–Trinajstić information content (AvgIpc) is 2.33. The Morgan fingerprint density at radius 1 is 1.50 bits per heavy atom. The Kier molecular flexibility index (Phi) is 3.09. The third-order valence-electron chi connectivity index (χ3n) is 2.43. The highest BCUT2D eigenvalue weighted by Gasteiger charge is 2.31. The zero-order valence-corrected chi connectivity index (χ0v) is 7.84. The van der Waals surface area contributed by atoms with Crippen molar-refractivity contribution in [2.45, 2.75) is 45.2 Å². The van der Waals surface area contributed by atoms with Crippen molar-refractivity contribution in [1.82, 2.24) is 5.32 Å². The Hall–Kier alpha value is -0.570. The van der Waals surface area contributed by atoms with Gasteiger partial charge in [0.15, 0.2) is 0 Å². The molecule has 1 fully saturated rings. The molecule has 3 heteroatoms. The first-order chi connectivity index (χ1) is 5.61. The summed E-state index contributed by atoms with van der Waals surface area (Å²) in [6.07, 6.45) is 3.17. The first kappa shape index (κ1) is 9.52. The van der Waals surface area contributed by atoms with Gasteiger partial charge in [-0.05, 0) is 12.8 Å². The predicted octanol–water partition coefficient (Wildman–Crippen LogP) is 0.638. The molecule has 0 bridgehead atoms. The molecule has 70 valence electrons. The summed E-state index contributed by atoms with van der Waals surface area (Å²) in [6.45, 7) is 4.19. The average molecular weight is 170 g/mol. The van der Waals surface area contributed by atoms with Gasteiger partial charge in [0.25, 0.3) is 0 Å². The smallest absolute Gasteiger partial charge is 0.222 e. The SMILES string of the molecule is CC(C)NC1CCC[C@H]1C(N)=O. The fourth-order valence-electron chi connectivity index (χ4n) is 1.93. The number of hydrogen-bond donors (Lipinski definition) is 2. The van der Waals surface area contributed by atoms with E-state index in [4.69, 9.17) is 5.73 Å². The summed E-state index contributed by atoms with van der Waals surface area (Å²) in [4.78, 5) is 11.0. The summed E-state index contributed by atoms with van der Waals surface area (Å²) in [7, 11) is 0. The van der Waals surface area contributed by atoms with Crippen molar-refractivity contribution >= 4 is 5.91 Å². The molecule has 0 aliphatic heterocycles. The largest absolute Gasteiger partial charge is 0.369 e. The molecule has 2 atom stereocenters. The number of hydrogen-bond acceptors (Lipinski definition) is 2. The Morgan fingerprint density at radius 3 is 2.67 bits per heavy atom. The molecule has 0 radical (unpaired) electrons. The zero-order valence-electron chi connectivity index (χ0n) is 7.84. The molecular formula is C9H18N2O. The van der Waals surface area contributed by atoms with Crippen LogP contribution in [0.25, 0.3) is 0 Å². The number of primary amides is 1. The molecule has 1 saturated carbocycles. The molecule has 1 aliphatic carbocycles. The fraction of sp³-hybridized carbons (Fsp3) is 0.889. The predicted molar refractivity (Wildman–Crippen MR) is 48.6 cm³/mol. The molecular weight excluding hydrogens is 152 g/mol. The summed E-state index contributed by atoms with van der Waals surface area (Å²) in [5, 5.41) is 3.37. The number of nitrogens with two attached hydrogens (primary N) is 1. The topological polar surface area (TPSA) is 55.1 Å². The minimum atomic E-state index is -0.148. The lowest BCUT2D eigenvalue weighted by Crippen LogP contribution is -2.42. The lowest BCUT2D eigenvalue weighted by molar-refractivity contribution is -0.122. The number of rotatable bonds is 3. The van der Waals surface area contributed by atoms with E-state index in [2.05, 4.69) is 19.2 Å². The molecule has 0 aromatic rings. The second-order valence-corrected chi connectivity index (χ2v) is 3.87. The second-order valence-electron chi connectivity index (χ2n) is 3.87. The van der Waals surface area contributed by atoms with Gasteiger partial charge in [-0.2, -0.15) is 0 Å². The number of amides is 1. The molecule has 1 unspecified atom stereocenters. The molecule has 3 nitrogen and oxygen atoms in total. The third-order valence-corrected chi connectivity index (χ3v) is 2.43. The van der Waals surface area contributed by atoms with Crippen molar-refractivity contribution < 1.29 is 4.79 Å². The molecule has 0 heterocycles. The maximum atomic E-state index is 11.0. The number of carbonyl (C=O) groups is 1. The van der Waals surface area contributed by atoms with Gasteiger partial charge in [0.2, 0.25) is 5.91 Å². The molecule has 1 aliphatic rings. The normalized spacial score (nSPS) is 29.6. The van der Waals surface area contributed by atoms with Gasteiger partial charge < -0.3 is 11.1 Å².